The lowest BCUT2D eigenvalue weighted by atomic mass is 9.98. The summed E-state index contributed by atoms with van der Waals surface area (Å²) in [6.45, 7) is 2.50. The van der Waals surface area contributed by atoms with Crippen LogP contribution < -0.4 is 14.8 Å². The van der Waals surface area contributed by atoms with E-state index in [1.807, 2.05) is 31.2 Å². The van der Waals surface area contributed by atoms with Crippen LogP contribution in [0.25, 0.3) is 0 Å². The lowest BCUT2D eigenvalue weighted by Crippen LogP contribution is -2.45. The van der Waals surface area contributed by atoms with Crippen molar-refractivity contribution in [2.75, 3.05) is 27.3 Å². The van der Waals surface area contributed by atoms with Gasteiger partial charge in [-0.15, -0.1) is 0 Å². The molecule has 30 heavy (non-hydrogen) atoms. The largest absolute Gasteiger partial charge is 0.497 e. The fourth-order valence-electron chi connectivity index (χ4n) is 3.58. The number of rotatable bonds is 7. The van der Waals surface area contributed by atoms with E-state index < -0.39 is 10.0 Å². The molecule has 2 aromatic rings. The Morgan fingerprint density at radius 2 is 1.60 bits per heavy atom. The summed E-state index contributed by atoms with van der Waals surface area (Å²) < 4.78 is 37.7. The Hall–Kier alpha value is -2.58. The van der Waals surface area contributed by atoms with Gasteiger partial charge in [0.15, 0.2) is 0 Å². The highest BCUT2D eigenvalue weighted by atomic mass is 32.2. The van der Waals surface area contributed by atoms with Gasteiger partial charge in [0.1, 0.15) is 11.5 Å². The molecule has 0 radical (unpaired) electrons. The third-order valence-electron chi connectivity index (χ3n) is 5.43. The van der Waals surface area contributed by atoms with E-state index >= 15 is 0 Å². The molecule has 162 valence electrons. The molecule has 3 rings (SSSR count). The Bertz CT molecular complexity index is 958. The number of hydrogen-bond donors (Lipinski definition) is 1. The minimum atomic E-state index is -3.66. The second-order valence-corrected chi connectivity index (χ2v) is 9.32. The molecule has 0 aromatic heterocycles. The molecule has 1 heterocycles. The Morgan fingerprint density at radius 3 is 2.17 bits per heavy atom. The van der Waals surface area contributed by atoms with Gasteiger partial charge in [0.25, 0.3) is 0 Å². The number of piperidine rings is 1. The first kappa shape index (κ1) is 22.1. The van der Waals surface area contributed by atoms with Crippen molar-refractivity contribution >= 4 is 15.9 Å². The zero-order valence-electron chi connectivity index (χ0n) is 17.5. The molecule has 0 saturated carbocycles. The normalized spacial score (nSPS) is 18.4. The maximum absolute atomic E-state index is 13.0. The molecule has 7 nitrogen and oxygen atoms in total. The molecule has 0 aliphatic carbocycles. The second kappa shape index (κ2) is 9.49. The van der Waals surface area contributed by atoms with Gasteiger partial charge in [-0.05, 0) is 61.7 Å². The van der Waals surface area contributed by atoms with Gasteiger partial charge >= 0.3 is 0 Å². The Labute approximate surface area is 178 Å². The molecule has 0 unspecified atom stereocenters. The number of nitrogens with one attached hydrogen (secondary N) is 1. The number of ether oxygens (including phenoxy) is 2. The first-order valence-electron chi connectivity index (χ1n) is 9.93. The van der Waals surface area contributed by atoms with E-state index in [2.05, 4.69) is 5.32 Å². The molecule has 1 saturated heterocycles. The predicted molar refractivity (Wildman–Crippen MR) is 114 cm³/mol. The summed E-state index contributed by atoms with van der Waals surface area (Å²) in [5.41, 5.74) is 0.961. The van der Waals surface area contributed by atoms with Gasteiger partial charge in [0, 0.05) is 13.1 Å². The number of nitrogens with zero attached hydrogens (tertiary/aromatic N) is 1. The van der Waals surface area contributed by atoms with E-state index in [1.54, 1.807) is 19.2 Å². The van der Waals surface area contributed by atoms with E-state index in [1.165, 1.54) is 23.5 Å². The quantitative estimate of drug-likeness (QED) is 0.727. The van der Waals surface area contributed by atoms with Crippen LogP contribution in [0, 0.1) is 5.92 Å². The summed E-state index contributed by atoms with van der Waals surface area (Å²) >= 11 is 0. The molecule has 1 fully saturated rings. The summed E-state index contributed by atoms with van der Waals surface area (Å²) in [5.74, 6) is 0.835. The average Bonchev–Trinajstić information content (AvgIpc) is 2.79. The van der Waals surface area contributed by atoms with Gasteiger partial charge < -0.3 is 14.8 Å². The second-order valence-electron chi connectivity index (χ2n) is 7.38. The third kappa shape index (κ3) is 4.94. The number of carbonyl (C=O) groups excluding carboxylic acids is 1. The lowest BCUT2D eigenvalue weighted by Gasteiger charge is -2.32. The summed E-state index contributed by atoms with van der Waals surface area (Å²) in [4.78, 5) is 13.0. The standard InChI is InChI=1S/C22H28N2O5S/c1-16(17-6-8-19(28-2)9-7-17)23-22(25)18-5-4-14-24(15-18)30(26,27)21-12-10-20(29-3)11-13-21/h6-13,16,18H,4-5,14-15H2,1-3H3,(H,23,25)/t16-,18-/m1/s1. The summed E-state index contributed by atoms with van der Waals surface area (Å²) in [7, 11) is -0.520. The van der Waals surface area contributed by atoms with Gasteiger partial charge in [-0.25, -0.2) is 8.42 Å². The van der Waals surface area contributed by atoms with Gasteiger partial charge in [0.05, 0.1) is 31.1 Å². The smallest absolute Gasteiger partial charge is 0.243 e. The molecule has 2 atom stereocenters. The van der Waals surface area contributed by atoms with Crippen molar-refractivity contribution in [2.24, 2.45) is 5.92 Å². The predicted octanol–water partition coefficient (Wildman–Crippen LogP) is 2.98. The van der Waals surface area contributed by atoms with Crippen molar-refractivity contribution in [3.05, 3.63) is 54.1 Å². The first-order chi connectivity index (χ1) is 14.3. The molecule has 1 N–H and O–H groups in total. The number of sulfonamides is 1. The summed E-state index contributed by atoms with van der Waals surface area (Å²) in [6, 6.07) is 13.6. The third-order valence-corrected chi connectivity index (χ3v) is 7.31. The average molecular weight is 433 g/mol. The van der Waals surface area contributed by atoms with Crippen LogP contribution in [0.15, 0.2) is 53.4 Å². The lowest BCUT2D eigenvalue weighted by molar-refractivity contribution is -0.126. The fourth-order valence-corrected chi connectivity index (χ4v) is 5.10. The topological polar surface area (TPSA) is 84.9 Å². The van der Waals surface area contributed by atoms with Crippen LogP contribution in [0.4, 0.5) is 0 Å². The fraction of sp³-hybridized carbons (Fsp3) is 0.409. The van der Waals surface area contributed by atoms with E-state index in [9.17, 15) is 13.2 Å². The van der Waals surface area contributed by atoms with Crippen molar-refractivity contribution < 1.29 is 22.7 Å². The molecule has 1 amide bonds. The van der Waals surface area contributed by atoms with Crippen LogP contribution in [0.5, 0.6) is 11.5 Å². The number of carbonyl (C=O) groups is 1. The maximum Gasteiger partial charge on any atom is 0.243 e. The van der Waals surface area contributed by atoms with E-state index in [-0.39, 0.29) is 29.3 Å². The molecule has 0 spiro atoms. The highest BCUT2D eigenvalue weighted by Gasteiger charge is 2.33. The highest BCUT2D eigenvalue weighted by Crippen LogP contribution is 2.26. The zero-order valence-corrected chi connectivity index (χ0v) is 18.3. The van der Waals surface area contributed by atoms with Crippen molar-refractivity contribution in [3.8, 4) is 11.5 Å². The van der Waals surface area contributed by atoms with Crippen LogP contribution in [-0.4, -0.2) is 45.9 Å². The minimum absolute atomic E-state index is 0.132. The van der Waals surface area contributed by atoms with Gasteiger partial charge in [-0.2, -0.15) is 4.31 Å². The molecule has 2 aromatic carbocycles. The monoisotopic (exact) mass is 432 g/mol. The van der Waals surface area contributed by atoms with Gasteiger partial charge in [-0.1, -0.05) is 12.1 Å². The Kier molecular flexibility index (Phi) is 6.99. The molecule has 1 aliphatic heterocycles. The maximum atomic E-state index is 13.0. The SMILES string of the molecule is COc1ccc([C@@H](C)NC(=O)[C@@H]2CCCN(S(=O)(=O)c3ccc(OC)cc3)C2)cc1. The van der Waals surface area contributed by atoms with Gasteiger partial charge in [-0.3, -0.25) is 4.79 Å². The molecule has 1 aliphatic rings. The van der Waals surface area contributed by atoms with Crippen LogP contribution >= 0.6 is 0 Å². The number of amides is 1. The molecule has 0 bridgehead atoms. The van der Waals surface area contributed by atoms with Gasteiger partial charge in [0.2, 0.25) is 15.9 Å². The Balaban J connectivity index is 1.66. The van der Waals surface area contributed by atoms with Crippen LogP contribution in [0.1, 0.15) is 31.4 Å². The first-order valence-corrected chi connectivity index (χ1v) is 11.4. The molecular weight excluding hydrogens is 404 g/mol. The van der Waals surface area contributed by atoms with Crippen LogP contribution in [0.3, 0.4) is 0 Å². The number of hydrogen-bond acceptors (Lipinski definition) is 5. The van der Waals surface area contributed by atoms with Crippen molar-refractivity contribution in [1.82, 2.24) is 9.62 Å². The van der Waals surface area contributed by atoms with Crippen LogP contribution in [-0.2, 0) is 14.8 Å². The Morgan fingerprint density at radius 1 is 1.03 bits per heavy atom. The minimum Gasteiger partial charge on any atom is -0.497 e. The molecule has 8 heteroatoms. The molecular formula is C22H28N2O5S. The number of methoxy groups -OCH3 is 2. The van der Waals surface area contributed by atoms with Crippen molar-refractivity contribution in [1.29, 1.82) is 0 Å². The van der Waals surface area contributed by atoms with Crippen molar-refractivity contribution in [3.63, 3.8) is 0 Å². The van der Waals surface area contributed by atoms with E-state index in [4.69, 9.17) is 9.47 Å². The number of benzene rings is 2. The van der Waals surface area contributed by atoms with Crippen LogP contribution in [0.2, 0.25) is 0 Å². The van der Waals surface area contributed by atoms with Crippen molar-refractivity contribution in [2.45, 2.75) is 30.7 Å². The highest BCUT2D eigenvalue weighted by molar-refractivity contribution is 7.89. The summed E-state index contributed by atoms with van der Waals surface area (Å²) in [5, 5.41) is 3.01. The van der Waals surface area contributed by atoms with E-state index in [0.29, 0.717) is 25.1 Å². The zero-order chi connectivity index (χ0) is 21.7. The summed E-state index contributed by atoms with van der Waals surface area (Å²) in [6.07, 6.45) is 1.31. The van der Waals surface area contributed by atoms with E-state index in [0.717, 1.165) is 11.3 Å².